The van der Waals surface area contributed by atoms with Crippen molar-refractivity contribution in [2.24, 2.45) is 0 Å². The fourth-order valence-corrected chi connectivity index (χ4v) is 0.984. The lowest BCUT2D eigenvalue weighted by Crippen LogP contribution is -1.83. The van der Waals surface area contributed by atoms with Gasteiger partial charge < -0.3 is 5.11 Å². The summed E-state index contributed by atoms with van der Waals surface area (Å²) in [6.07, 6.45) is 0.623. The van der Waals surface area contributed by atoms with Crippen LogP contribution < -0.4 is 0 Å². The zero-order valence-electron chi connectivity index (χ0n) is 5.82. The molecule has 0 amide bonds. The predicted octanol–water partition coefficient (Wildman–Crippen LogP) is 1.63. The maximum absolute atomic E-state index is 10.2. The number of hydrogen-bond donors (Lipinski definition) is 2. The van der Waals surface area contributed by atoms with Gasteiger partial charge >= 0.3 is 0 Å². The summed E-state index contributed by atoms with van der Waals surface area (Å²) in [7, 11) is 0. The van der Waals surface area contributed by atoms with E-state index in [1.807, 2.05) is 0 Å². The first-order chi connectivity index (χ1) is 5.27. The molecule has 0 aliphatic heterocycles. The molecule has 1 aromatic rings. The second-order valence-corrected chi connectivity index (χ2v) is 2.49. The molecule has 58 valence electrons. The standard InChI is InChI=1S/C8H8O2S/c9-4-7-2-1-6(5-11)3-8(7)10/h1-4,10-11H,5H2. The molecule has 1 aromatic carbocycles. The summed E-state index contributed by atoms with van der Waals surface area (Å²) in [5.74, 6) is 0.582. The summed E-state index contributed by atoms with van der Waals surface area (Å²) in [6, 6.07) is 4.88. The number of carbonyl (C=O) groups excluding carboxylic acids is 1. The van der Waals surface area contributed by atoms with Crippen LogP contribution in [0.15, 0.2) is 18.2 Å². The van der Waals surface area contributed by atoms with E-state index in [2.05, 4.69) is 12.6 Å². The molecule has 0 saturated heterocycles. The smallest absolute Gasteiger partial charge is 0.153 e. The van der Waals surface area contributed by atoms with E-state index in [4.69, 9.17) is 5.11 Å². The number of aromatic hydroxyl groups is 1. The van der Waals surface area contributed by atoms with Gasteiger partial charge in [-0.15, -0.1) is 0 Å². The number of phenolic OH excluding ortho intramolecular Hbond substituents is 1. The molecule has 0 heterocycles. The Morgan fingerprint density at radius 1 is 1.55 bits per heavy atom. The van der Waals surface area contributed by atoms with Crippen molar-refractivity contribution in [1.29, 1.82) is 0 Å². The van der Waals surface area contributed by atoms with Crippen LogP contribution in [0.2, 0.25) is 0 Å². The molecular weight excluding hydrogens is 160 g/mol. The Labute approximate surface area is 70.3 Å². The highest BCUT2D eigenvalue weighted by Crippen LogP contribution is 2.17. The molecule has 1 N–H and O–H groups in total. The van der Waals surface area contributed by atoms with Crippen LogP contribution in [0.3, 0.4) is 0 Å². The van der Waals surface area contributed by atoms with Crippen molar-refractivity contribution < 1.29 is 9.90 Å². The number of phenols is 1. The molecule has 0 aliphatic rings. The Morgan fingerprint density at radius 3 is 2.73 bits per heavy atom. The molecule has 2 nitrogen and oxygen atoms in total. The van der Waals surface area contributed by atoms with Crippen molar-refractivity contribution in [3.63, 3.8) is 0 Å². The molecule has 0 aromatic heterocycles. The molecule has 0 radical (unpaired) electrons. The summed E-state index contributed by atoms with van der Waals surface area (Å²) < 4.78 is 0. The van der Waals surface area contributed by atoms with Gasteiger partial charge in [0.25, 0.3) is 0 Å². The molecule has 11 heavy (non-hydrogen) atoms. The highest BCUT2D eigenvalue weighted by molar-refractivity contribution is 7.79. The Hall–Kier alpha value is -0.960. The zero-order chi connectivity index (χ0) is 8.27. The molecule has 0 saturated carbocycles. The fraction of sp³-hybridized carbons (Fsp3) is 0.125. The van der Waals surface area contributed by atoms with Gasteiger partial charge in [0.05, 0.1) is 5.56 Å². The van der Waals surface area contributed by atoms with E-state index >= 15 is 0 Å². The van der Waals surface area contributed by atoms with Gasteiger partial charge in [-0.05, 0) is 17.7 Å². The number of benzene rings is 1. The van der Waals surface area contributed by atoms with E-state index in [0.29, 0.717) is 17.6 Å². The average Bonchev–Trinajstić information content (AvgIpc) is 2.04. The predicted molar refractivity (Wildman–Crippen MR) is 46.2 cm³/mol. The van der Waals surface area contributed by atoms with Gasteiger partial charge in [-0.25, -0.2) is 0 Å². The highest BCUT2D eigenvalue weighted by atomic mass is 32.1. The van der Waals surface area contributed by atoms with Crippen molar-refractivity contribution in [2.45, 2.75) is 5.75 Å². The van der Waals surface area contributed by atoms with Gasteiger partial charge in [0.2, 0.25) is 0 Å². The quantitative estimate of drug-likeness (QED) is 0.520. The summed E-state index contributed by atoms with van der Waals surface area (Å²) in [6.45, 7) is 0. The van der Waals surface area contributed by atoms with E-state index in [0.717, 1.165) is 5.56 Å². The van der Waals surface area contributed by atoms with Crippen molar-refractivity contribution in [3.8, 4) is 5.75 Å². The summed E-state index contributed by atoms with van der Waals surface area (Å²) in [5, 5.41) is 9.16. The van der Waals surface area contributed by atoms with Crippen LogP contribution in [-0.4, -0.2) is 11.4 Å². The van der Waals surface area contributed by atoms with Crippen molar-refractivity contribution in [3.05, 3.63) is 29.3 Å². The second-order valence-electron chi connectivity index (χ2n) is 2.17. The first kappa shape index (κ1) is 8.14. The van der Waals surface area contributed by atoms with E-state index in [1.165, 1.54) is 6.07 Å². The minimum absolute atomic E-state index is 0.0200. The van der Waals surface area contributed by atoms with E-state index in [9.17, 15) is 4.79 Å². The van der Waals surface area contributed by atoms with Crippen LogP contribution in [0.25, 0.3) is 0 Å². The van der Waals surface area contributed by atoms with Gasteiger partial charge in [0.15, 0.2) is 6.29 Å². The van der Waals surface area contributed by atoms with Crippen LogP contribution in [0.5, 0.6) is 5.75 Å². The third-order valence-corrected chi connectivity index (χ3v) is 1.77. The summed E-state index contributed by atoms with van der Waals surface area (Å²) in [5.41, 5.74) is 1.21. The lowest BCUT2D eigenvalue weighted by molar-refractivity contribution is 0.112. The average molecular weight is 168 g/mol. The van der Waals surface area contributed by atoms with Gasteiger partial charge in [0.1, 0.15) is 5.75 Å². The molecule has 0 unspecified atom stereocenters. The van der Waals surface area contributed by atoms with Gasteiger partial charge in [-0.2, -0.15) is 12.6 Å². The third-order valence-electron chi connectivity index (χ3n) is 1.40. The van der Waals surface area contributed by atoms with E-state index in [1.54, 1.807) is 12.1 Å². The van der Waals surface area contributed by atoms with E-state index < -0.39 is 0 Å². The number of thiol groups is 1. The van der Waals surface area contributed by atoms with Gasteiger partial charge in [-0.3, -0.25) is 4.79 Å². The lowest BCUT2D eigenvalue weighted by Gasteiger charge is -1.98. The van der Waals surface area contributed by atoms with Crippen LogP contribution in [0, 0.1) is 0 Å². The van der Waals surface area contributed by atoms with Gasteiger partial charge in [-0.1, -0.05) is 6.07 Å². The largest absolute Gasteiger partial charge is 0.507 e. The fourth-order valence-electron chi connectivity index (χ4n) is 0.787. The summed E-state index contributed by atoms with van der Waals surface area (Å²) >= 11 is 4.02. The first-order valence-corrected chi connectivity index (χ1v) is 3.79. The number of rotatable bonds is 2. The Balaban J connectivity index is 3.09. The SMILES string of the molecule is O=Cc1ccc(CS)cc1O. The van der Waals surface area contributed by atoms with Crippen LogP contribution in [0.4, 0.5) is 0 Å². The summed E-state index contributed by atoms with van der Waals surface area (Å²) in [4.78, 5) is 10.2. The molecule has 0 atom stereocenters. The molecule has 3 heteroatoms. The lowest BCUT2D eigenvalue weighted by atomic mass is 10.1. The second kappa shape index (κ2) is 3.44. The Bertz CT molecular complexity index is 271. The van der Waals surface area contributed by atoms with E-state index in [-0.39, 0.29) is 5.75 Å². The highest BCUT2D eigenvalue weighted by Gasteiger charge is 1.98. The number of hydrogen-bond acceptors (Lipinski definition) is 3. The number of aldehydes is 1. The molecule has 0 spiro atoms. The molecule has 0 aliphatic carbocycles. The number of carbonyl (C=O) groups is 1. The molecular formula is C8H8O2S. The first-order valence-electron chi connectivity index (χ1n) is 3.16. The van der Waals surface area contributed by atoms with Crippen LogP contribution >= 0.6 is 12.6 Å². The normalized spacial score (nSPS) is 9.55. The minimum atomic E-state index is 0.0200. The van der Waals surface area contributed by atoms with Crippen molar-refractivity contribution in [1.82, 2.24) is 0 Å². The molecule has 0 bridgehead atoms. The minimum Gasteiger partial charge on any atom is -0.507 e. The third kappa shape index (κ3) is 1.74. The zero-order valence-corrected chi connectivity index (χ0v) is 6.71. The van der Waals surface area contributed by atoms with Crippen LogP contribution in [0.1, 0.15) is 15.9 Å². The maximum Gasteiger partial charge on any atom is 0.153 e. The Morgan fingerprint density at radius 2 is 2.27 bits per heavy atom. The van der Waals surface area contributed by atoms with Gasteiger partial charge in [0, 0.05) is 5.75 Å². The van der Waals surface area contributed by atoms with Crippen LogP contribution in [-0.2, 0) is 5.75 Å². The Kier molecular flexibility index (Phi) is 2.54. The van der Waals surface area contributed by atoms with Crippen molar-refractivity contribution in [2.75, 3.05) is 0 Å². The van der Waals surface area contributed by atoms with Crippen molar-refractivity contribution >= 4 is 18.9 Å². The topological polar surface area (TPSA) is 37.3 Å². The maximum atomic E-state index is 10.2. The monoisotopic (exact) mass is 168 g/mol. The molecule has 1 rings (SSSR count). The molecule has 0 fully saturated rings.